The number of aromatic carboxylic acids is 1. The number of rotatable bonds is 7. The molecule has 0 amide bonds. The van der Waals surface area contributed by atoms with Crippen LogP contribution in [0.2, 0.25) is 0 Å². The fourth-order valence-electron chi connectivity index (χ4n) is 1.56. The van der Waals surface area contributed by atoms with Gasteiger partial charge >= 0.3 is 5.97 Å². The average Bonchev–Trinajstić information content (AvgIpc) is 2.39. The standard InChI is InChI=1S/C12H17NO6S/c1-3-19-11-5-4-9(8-10(11)12(15)16)20(17,18)13(2)6-7-14/h4-5,8,14H,3,6-7H2,1-2H3,(H,15,16). The molecule has 7 nitrogen and oxygen atoms in total. The van der Waals surface area contributed by atoms with Gasteiger partial charge in [-0.05, 0) is 25.1 Å². The van der Waals surface area contributed by atoms with Gasteiger partial charge in [0, 0.05) is 13.6 Å². The van der Waals surface area contributed by atoms with Crippen LogP contribution in [0.5, 0.6) is 5.75 Å². The average molecular weight is 303 g/mol. The molecular formula is C12H17NO6S. The van der Waals surface area contributed by atoms with Gasteiger partial charge in [0.05, 0.1) is 18.1 Å². The summed E-state index contributed by atoms with van der Waals surface area (Å²) in [6, 6.07) is 3.64. The molecule has 0 heterocycles. The van der Waals surface area contributed by atoms with E-state index in [1.807, 2.05) is 0 Å². The number of carboxylic acids is 1. The van der Waals surface area contributed by atoms with Crippen LogP contribution < -0.4 is 4.74 Å². The first-order valence-corrected chi connectivity index (χ1v) is 7.36. The van der Waals surface area contributed by atoms with Crippen molar-refractivity contribution in [3.63, 3.8) is 0 Å². The van der Waals surface area contributed by atoms with Gasteiger partial charge in [0.25, 0.3) is 0 Å². The largest absolute Gasteiger partial charge is 0.493 e. The van der Waals surface area contributed by atoms with Crippen LogP contribution in [0.1, 0.15) is 17.3 Å². The van der Waals surface area contributed by atoms with E-state index in [0.29, 0.717) is 0 Å². The molecule has 112 valence electrons. The van der Waals surface area contributed by atoms with Crippen molar-refractivity contribution in [2.24, 2.45) is 0 Å². The lowest BCUT2D eigenvalue weighted by Gasteiger charge is -2.17. The molecule has 1 rings (SSSR count). The highest BCUT2D eigenvalue weighted by Crippen LogP contribution is 2.24. The van der Waals surface area contributed by atoms with E-state index in [2.05, 4.69) is 0 Å². The first-order valence-electron chi connectivity index (χ1n) is 5.92. The molecule has 0 aliphatic heterocycles. The van der Waals surface area contributed by atoms with Crippen LogP contribution in [0.4, 0.5) is 0 Å². The number of carboxylic acid groups (broad SMARTS) is 1. The first-order chi connectivity index (χ1) is 9.34. The van der Waals surface area contributed by atoms with Gasteiger partial charge in [-0.25, -0.2) is 13.2 Å². The van der Waals surface area contributed by atoms with Crippen LogP contribution in [-0.2, 0) is 10.0 Å². The molecule has 20 heavy (non-hydrogen) atoms. The SMILES string of the molecule is CCOc1ccc(S(=O)(=O)N(C)CCO)cc1C(=O)O. The third kappa shape index (κ3) is 3.47. The highest BCUT2D eigenvalue weighted by Gasteiger charge is 2.23. The summed E-state index contributed by atoms with van der Waals surface area (Å²) in [6.45, 7) is 1.58. The Morgan fingerprint density at radius 3 is 2.55 bits per heavy atom. The van der Waals surface area contributed by atoms with Gasteiger partial charge in [-0.1, -0.05) is 0 Å². The Hall–Kier alpha value is -1.64. The first kappa shape index (κ1) is 16.4. The summed E-state index contributed by atoms with van der Waals surface area (Å²) in [5.41, 5.74) is -0.217. The second kappa shape index (κ2) is 6.69. The fraction of sp³-hybridized carbons (Fsp3) is 0.417. The van der Waals surface area contributed by atoms with Crippen molar-refractivity contribution in [2.75, 3.05) is 26.8 Å². The summed E-state index contributed by atoms with van der Waals surface area (Å²) in [5, 5.41) is 17.9. The molecule has 0 atom stereocenters. The molecule has 0 radical (unpaired) electrons. The highest BCUT2D eigenvalue weighted by atomic mass is 32.2. The van der Waals surface area contributed by atoms with E-state index in [1.54, 1.807) is 6.92 Å². The third-order valence-corrected chi connectivity index (χ3v) is 4.46. The molecular weight excluding hydrogens is 286 g/mol. The minimum Gasteiger partial charge on any atom is -0.493 e. The van der Waals surface area contributed by atoms with Crippen molar-refractivity contribution in [3.8, 4) is 5.75 Å². The van der Waals surface area contributed by atoms with E-state index in [-0.39, 0.29) is 36.0 Å². The molecule has 8 heteroatoms. The molecule has 2 N–H and O–H groups in total. The predicted molar refractivity (Wildman–Crippen MR) is 71.5 cm³/mol. The number of likely N-dealkylation sites (N-methyl/N-ethyl adjacent to an activating group) is 1. The molecule has 0 unspecified atom stereocenters. The summed E-state index contributed by atoms with van der Waals surface area (Å²) in [6.07, 6.45) is 0. The Morgan fingerprint density at radius 2 is 2.05 bits per heavy atom. The zero-order valence-electron chi connectivity index (χ0n) is 11.2. The summed E-state index contributed by atoms with van der Waals surface area (Å²) in [5.74, 6) is -1.15. The molecule has 0 aliphatic rings. The van der Waals surface area contributed by atoms with Gasteiger partial charge < -0.3 is 14.9 Å². The number of hydrogen-bond donors (Lipinski definition) is 2. The highest BCUT2D eigenvalue weighted by molar-refractivity contribution is 7.89. The molecule has 0 saturated carbocycles. The second-order valence-corrected chi connectivity index (χ2v) is 5.99. The Kier molecular flexibility index (Phi) is 5.49. The Morgan fingerprint density at radius 1 is 1.40 bits per heavy atom. The summed E-state index contributed by atoms with van der Waals surface area (Å²) in [7, 11) is -2.53. The van der Waals surface area contributed by atoms with Crippen LogP contribution in [0.25, 0.3) is 0 Å². The van der Waals surface area contributed by atoms with Crippen LogP contribution in [0, 0.1) is 0 Å². The van der Waals surface area contributed by atoms with E-state index < -0.39 is 16.0 Å². The maximum atomic E-state index is 12.1. The maximum Gasteiger partial charge on any atom is 0.339 e. The van der Waals surface area contributed by atoms with E-state index in [9.17, 15) is 13.2 Å². The van der Waals surface area contributed by atoms with E-state index in [1.165, 1.54) is 19.2 Å². The summed E-state index contributed by atoms with van der Waals surface area (Å²) in [4.78, 5) is 11.0. The van der Waals surface area contributed by atoms with E-state index in [0.717, 1.165) is 10.4 Å². The Balaban J connectivity index is 3.27. The minimum atomic E-state index is -3.83. The van der Waals surface area contributed by atoms with Crippen molar-refractivity contribution in [1.29, 1.82) is 0 Å². The lowest BCUT2D eigenvalue weighted by Crippen LogP contribution is -2.29. The molecule has 1 aromatic carbocycles. The summed E-state index contributed by atoms with van der Waals surface area (Å²) >= 11 is 0. The van der Waals surface area contributed by atoms with Crippen molar-refractivity contribution in [3.05, 3.63) is 23.8 Å². The van der Waals surface area contributed by atoms with E-state index in [4.69, 9.17) is 14.9 Å². The second-order valence-electron chi connectivity index (χ2n) is 3.95. The lowest BCUT2D eigenvalue weighted by molar-refractivity contribution is 0.0692. The molecule has 0 bridgehead atoms. The fourth-order valence-corrected chi connectivity index (χ4v) is 2.75. The van der Waals surface area contributed by atoms with Crippen LogP contribution in [0.15, 0.2) is 23.1 Å². The van der Waals surface area contributed by atoms with Crippen molar-refractivity contribution >= 4 is 16.0 Å². The topological polar surface area (TPSA) is 104 Å². The zero-order valence-corrected chi connectivity index (χ0v) is 12.1. The minimum absolute atomic E-state index is 0.0715. The van der Waals surface area contributed by atoms with Gasteiger partial charge in [-0.3, -0.25) is 0 Å². The van der Waals surface area contributed by atoms with Gasteiger partial charge in [-0.2, -0.15) is 4.31 Å². The van der Waals surface area contributed by atoms with Gasteiger partial charge in [0.1, 0.15) is 11.3 Å². The van der Waals surface area contributed by atoms with E-state index >= 15 is 0 Å². The van der Waals surface area contributed by atoms with Gasteiger partial charge in [0.2, 0.25) is 10.0 Å². The number of sulfonamides is 1. The number of ether oxygens (including phenoxy) is 1. The smallest absolute Gasteiger partial charge is 0.339 e. The number of nitrogens with zero attached hydrogens (tertiary/aromatic N) is 1. The monoisotopic (exact) mass is 303 g/mol. The van der Waals surface area contributed by atoms with Crippen molar-refractivity contribution in [1.82, 2.24) is 4.31 Å². The molecule has 0 aliphatic carbocycles. The van der Waals surface area contributed by atoms with Gasteiger partial charge in [-0.15, -0.1) is 0 Å². The molecule has 0 fully saturated rings. The third-order valence-electron chi connectivity index (χ3n) is 2.60. The normalized spacial score (nSPS) is 11.6. The summed E-state index contributed by atoms with van der Waals surface area (Å²) < 4.78 is 30.4. The van der Waals surface area contributed by atoms with Crippen LogP contribution in [0.3, 0.4) is 0 Å². The maximum absolute atomic E-state index is 12.1. The van der Waals surface area contributed by atoms with Crippen LogP contribution in [-0.4, -0.2) is 55.7 Å². The molecule has 0 saturated heterocycles. The number of aliphatic hydroxyl groups is 1. The quantitative estimate of drug-likeness (QED) is 0.755. The number of aliphatic hydroxyl groups excluding tert-OH is 1. The molecule has 0 spiro atoms. The van der Waals surface area contributed by atoms with Crippen molar-refractivity contribution in [2.45, 2.75) is 11.8 Å². The van der Waals surface area contributed by atoms with Crippen LogP contribution >= 0.6 is 0 Å². The molecule has 0 aromatic heterocycles. The van der Waals surface area contributed by atoms with Gasteiger partial charge in [0.15, 0.2) is 0 Å². The number of benzene rings is 1. The number of carbonyl (C=O) groups is 1. The zero-order chi connectivity index (χ0) is 15.3. The Bertz CT molecular complexity index is 584. The van der Waals surface area contributed by atoms with Crippen molar-refractivity contribution < 1.29 is 28.2 Å². The Labute approximate surface area is 117 Å². The lowest BCUT2D eigenvalue weighted by atomic mass is 10.2. The number of hydrogen-bond acceptors (Lipinski definition) is 5. The molecule has 1 aromatic rings. The predicted octanol–water partition coefficient (Wildman–Crippen LogP) is 0.396.